The zero-order chi connectivity index (χ0) is 14.7. The number of rotatable bonds is 5. The van der Waals surface area contributed by atoms with Gasteiger partial charge in [-0.3, -0.25) is 4.90 Å². The maximum absolute atomic E-state index is 5.48. The quantitative estimate of drug-likeness (QED) is 0.881. The Kier molecular flexibility index (Phi) is 5.03. The maximum Gasteiger partial charge on any atom is 0.231 e. The van der Waals surface area contributed by atoms with Crippen LogP contribution in [0.4, 0.5) is 0 Å². The summed E-state index contributed by atoms with van der Waals surface area (Å²) in [5, 5.41) is 3.25. The second-order valence-corrected chi connectivity index (χ2v) is 6.76. The highest BCUT2D eigenvalue weighted by molar-refractivity contribution is 9.10. The summed E-state index contributed by atoms with van der Waals surface area (Å²) in [5.41, 5.74) is 1.29. The third kappa shape index (κ3) is 3.71. The predicted octanol–water partition coefficient (Wildman–Crippen LogP) is 3.00. The summed E-state index contributed by atoms with van der Waals surface area (Å²) in [6.45, 7) is 4.83. The number of halogens is 1. The van der Waals surface area contributed by atoms with E-state index in [9.17, 15) is 0 Å². The molecule has 1 saturated heterocycles. The molecule has 21 heavy (non-hydrogen) atoms. The average Bonchev–Trinajstić information content (AvgIpc) is 2.94. The molecule has 0 amide bonds. The molecule has 0 saturated carbocycles. The smallest absolute Gasteiger partial charge is 0.231 e. The van der Waals surface area contributed by atoms with Gasteiger partial charge in [0, 0.05) is 11.0 Å². The lowest BCUT2D eigenvalue weighted by Gasteiger charge is -2.32. The predicted molar refractivity (Wildman–Crippen MR) is 86.8 cm³/mol. The van der Waals surface area contributed by atoms with Gasteiger partial charge in [0.25, 0.3) is 0 Å². The van der Waals surface area contributed by atoms with Crippen LogP contribution in [-0.4, -0.2) is 38.4 Å². The molecule has 3 rings (SSSR count). The lowest BCUT2D eigenvalue weighted by molar-refractivity contribution is 0.170. The summed E-state index contributed by atoms with van der Waals surface area (Å²) in [6, 6.07) is 4.14. The van der Waals surface area contributed by atoms with E-state index in [0.717, 1.165) is 35.0 Å². The van der Waals surface area contributed by atoms with Crippen molar-refractivity contribution in [1.82, 2.24) is 10.2 Å². The van der Waals surface area contributed by atoms with Gasteiger partial charge in [-0.2, -0.15) is 0 Å². The molecule has 2 heterocycles. The van der Waals surface area contributed by atoms with E-state index >= 15 is 0 Å². The molecule has 2 aliphatic rings. The maximum atomic E-state index is 5.48. The van der Waals surface area contributed by atoms with Crippen molar-refractivity contribution in [3.63, 3.8) is 0 Å². The molecule has 4 nitrogen and oxygen atoms in total. The van der Waals surface area contributed by atoms with Gasteiger partial charge >= 0.3 is 0 Å². The highest BCUT2D eigenvalue weighted by atomic mass is 79.9. The zero-order valence-electron chi connectivity index (χ0n) is 12.5. The van der Waals surface area contributed by atoms with E-state index in [2.05, 4.69) is 32.2 Å². The molecule has 0 aliphatic carbocycles. The standard InChI is InChI=1S/C16H23BrN2O2/c1-18-5-2-12-3-6-19(7-4-12)10-13-8-15-16(9-14(13)17)21-11-20-15/h8-9,12,18H,2-7,10-11H2,1H3. The first-order chi connectivity index (χ1) is 10.3. The molecule has 1 fully saturated rings. The topological polar surface area (TPSA) is 33.7 Å². The van der Waals surface area contributed by atoms with Crippen molar-refractivity contribution in [2.75, 3.05) is 33.5 Å². The molecule has 0 unspecified atom stereocenters. The Balaban J connectivity index is 1.56. The Labute approximate surface area is 134 Å². The molecule has 0 aromatic heterocycles. The second kappa shape index (κ2) is 6.99. The van der Waals surface area contributed by atoms with Gasteiger partial charge in [-0.15, -0.1) is 0 Å². The van der Waals surface area contributed by atoms with Gasteiger partial charge in [0.1, 0.15) is 0 Å². The van der Waals surface area contributed by atoms with Crippen LogP contribution in [0.25, 0.3) is 0 Å². The molecule has 1 N–H and O–H groups in total. The fourth-order valence-corrected chi connectivity index (χ4v) is 3.55. The molecule has 1 aromatic carbocycles. The Morgan fingerprint density at radius 1 is 1.24 bits per heavy atom. The molecular weight excluding hydrogens is 332 g/mol. The zero-order valence-corrected chi connectivity index (χ0v) is 14.1. The molecule has 0 spiro atoms. The van der Waals surface area contributed by atoms with Crippen molar-refractivity contribution in [3.8, 4) is 11.5 Å². The van der Waals surface area contributed by atoms with Crippen LogP contribution >= 0.6 is 15.9 Å². The highest BCUT2D eigenvalue weighted by Gasteiger charge is 2.21. The molecule has 0 bridgehead atoms. The highest BCUT2D eigenvalue weighted by Crippen LogP contribution is 2.37. The van der Waals surface area contributed by atoms with Gasteiger partial charge in [0.2, 0.25) is 6.79 Å². The van der Waals surface area contributed by atoms with E-state index in [0.29, 0.717) is 6.79 Å². The summed E-state index contributed by atoms with van der Waals surface area (Å²) >= 11 is 3.65. The van der Waals surface area contributed by atoms with Crippen LogP contribution in [-0.2, 0) is 6.54 Å². The Morgan fingerprint density at radius 2 is 1.95 bits per heavy atom. The fourth-order valence-electron chi connectivity index (χ4n) is 3.10. The Hall–Kier alpha value is -0.780. The molecule has 0 radical (unpaired) electrons. The molecule has 116 valence electrons. The second-order valence-electron chi connectivity index (χ2n) is 5.91. The first kappa shape index (κ1) is 15.1. The first-order valence-electron chi connectivity index (χ1n) is 7.71. The summed E-state index contributed by atoms with van der Waals surface area (Å²) in [4.78, 5) is 2.54. The summed E-state index contributed by atoms with van der Waals surface area (Å²) < 4.78 is 12.0. The van der Waals surface area contributed by atoms with Gasteiger partial charge in [0.15, 0.2) is 11.5 Å². The Morgan fingerprint density at radius 3 is 2.67 bits per heavy atom. The molecule has 0 atom stereocenters. The van der Waals surface area contributed by atoms with Gasteiger partial charge in [-0.1, -0.05) is 15.9 Å². The number of nitrogens with zero attached hydrogens (tertiary/aromatic N) is 1. The third-order valence-corrected chi connectivity index (χ3v) is 5.18. The average molecular weight is 355 g/mol. The number of benzene rings is 1. The van der Waals surface area contributed by atoms with Crippen molar-refractivity contribution < 1.29 is 9.47 Å². The van der Waals surface area contributed by atoms with Gasteiger partial charge in [-0.25, -0.2) is 0 Å². The number of hydrogen-bond donors (Lipinski definition) is 1. The molecular formula is C16H23BrN2O2. The minimum Gasteiger partial charge on any atom is -0.454 e. The molecule has 5 heteroatoms. The van der Waals surface area contributed by atoms with E-state index in [4.69, 9.17) is 9.47 Å². The van der Waals surface area contributed by atoms with Crippen molar-refractivity contribution in [3.05, 3.63) is 22.2 Å². The summed E-state index contributed by atoms with van der Waals surface area (Å²) in [7, 11) is 2.03. The van der Waals surface area contributed by atoms with E-state index in [1.54, 1.807) is 0 Å². The number of hydrogen-bond acceptors (Lipinski definition) is 4. The van der Waals surface area contributed by atoms with Crippen LogP contribution in [0.1, 0.15) is 24.8 Å². The normalized spacial score (nSPS) is 19.1. The van der Waals surface area contributed by atoms with Crippen LogP contribution in [0, 0.1) is 5.92 Å². The van der Waals surface area contributed by atoms with Crippen molar-refractivity contribution in [2.24, 2.45) is 5.92 Å². The fraction of sp³-hybridized carbons (Fsp3) is 0.625. The van der Waals surface area contributed by atoms with E-state index in [1.807, 2.05) is 13.1 Å². The van der Waals surface area contributed by atoms with Crippen molar-refractivity contribution in [2.45, 2.75) is 25.8 Å². The number of piperidine rings is 1. The monoisotopic (exact) mass is 354 g/mol. The van der Waals surface area contributed by atoms with Crippen molar-refractivity contribution in [1.29, 1.82) is 0 Å². The lowest BCUT2D eigenvalue weighted by Crippen LogP contribution is -2.34. The van der Waals surface area contributed by atoms with Crippen molar-refractivity contribution >= 4 is 15.9 Å². The minimum atomic E-state index is 0.335. The number of nitrogens with one attached hydrogen (secondary N) is 1. The number of fused-ring (bicyclic) bond motifs is 1. The lowest BCUT2D eigenvalue weighted by atomic mass is 9.93. The summed E-state index contributed by atoms with van der Waals surface area (Å²) in [6.07, 6.45) is 3.92. The largest absolute Gasteiger partial charge is 0.454 e. The Bertz CT molecular complexity index is 487. The van der Waals surface area contributed by atoms with Crippen LogP contribution < -0.4 is 14.8 Å². The minimum absolute atomic E-state index is 0.335. The summed E-state index contributed by atoms with van der Waals surface area (Å²) in [5.74, 6) is 2.60. The SMILES string of the molecule is CNCCC1CCN(Cc2cc3c(cc2Br)OCO3)CC1. The third-order valence-electron chi connectivity index (χ3n) is 4.45. The van der Waals surface area contributed by atoms with Crippen LogP contribution in [0.3, 0.4) is 0 Å². The van der Waals surface area contributed by atoms with Crippen LogP contribution in [0.5, 0.6) is 11.5 Å². The van der Waals surface area contributed by atoms with Gasteiger partial charge < -0.3 is 14.8 Å². The van der Waals surface area contributed by atoms with Gasteiger partial charge in [-0.05, 0) is 69.6 Å². The van der Waals surface area contributed by atoms with E-state index in [1.165, 1.54) is 37.9 Å². The van der Waals surface area contributed by atoms with Crippen LogP contribution in [0.2, 0.25) is 0 Å². The first-order valence-corrected chi connectivity index (χ1v) is 8.50. The van der Waals surface area contributed by atoms with Crippen LogP contribution in [0.15, 0.2) is 16.6 Å². The molecule has 1 aromatic rings. The molecule has 2 aliphatic heterocycles. The number of ether oxygens (including phenoxy) is 2. The van der Waals surface area contributed by atoms with E-state index < -0.39 is 0 Å². The van der Waals surface area contributed by atoms with Gasteiger partial charge in [0.05, 0.1) is 0 Å². The van der Waals surface area contributed by atoms with E-state index in [-0.39, 0.29) is 0 Å². The number of likely N-dealkylation sites (tertiary alicyclic amines) is 1.